The first-order valence-corrected chi connectivity index (χ1v) is 7.40. The van der Waals surface area contributed by atoms with Crippen LogP contribution >= 0.6 is 11.6 Å². The monoisotopic (exact) mass is 296 g/mol. The van der Waals surface area contributed by atoms with Crippen LogP contribution in [0.5, 0.6) is 0 Å². The SMILES string of the molecule is Cc1ccc2cc(CNCc3ccccc3Cl)ccc2n1. The number of hydrogen-bond acceptors (Lipinski definition) is 2. The molecular weight excluding hydrogens is 280 g/mol. The number of halogens is 1. The summed E-state index contributed by atoms with van der Waals surface area (Å²) in [6.45, 7) is 3.59. The van der Waals surface area contributed by atoms with Gasteiger partial charge in [-0.3, -0.25) is 4.98 Å². The van der Waals surface area contributed by atoms with Gasteiger partial charge >= 0.3 is 0 Å². The number of nitrogens with one attached hydrogen (secondary N) is 1. The van der Waals surface area contributed by atoms with E-state index in [1.807, 2.05) is 37.3 Å². The average molecular weight is 297 g/mol. The molecule has 1 N–H and O–H groups in total. The van der Waals surface area contributed by atoms with Gasteiger partial charge in [0.1, 0.15) is 0 Å². The Hall–Kier alpha value is -1.90. The summed E-state index contributed by atoms with van der Waals surface area (Å²) in [6.07, 6.45) is 0. The number of hydrogen-bond donors (Lipinski definition) is 1. The first-order valence-electron chi connectivity index (χ1n) is 7.03. The fourth-order valence-corrected chi connectivity index (χ4v) is 2.57. The Morgan fingerprint density at radius 2 is 1.86 bits per heavy atom. The van der Waals surface area contributed by atoms with Crippen molar-refractivity contribution in [1.29, 1.82) is 0 Å². The van der Waals surface area contributed by atoms with Gasteiger partial charge in [0.05, 0.1) is 5.52 Å². The summed E-state index contributed by atoms with van der Waals surface area (Å²) >= 11 is 6.15. The molecule has 0 saturated carbocycles. The Morgan fingerprint density at radius 1 is 1.00 bits per heavy atom. The third-order valence-corrected chi connectivity index (χ3v) is 3.86. The molecule has 2 nitrogen and oxygen atoms in total. The number of aryl methyl sites for hydroxylation is 1. The van der Waals surface area contributed by atoms with Crippen LogP contribution in [0.2, 0.25) is 5.02 Å². The number of nitrogens with zero attached hydrogens (tertiary/aromatic N) is 1. The molecule has 0 amide bonds. The molecule has 0 radical (unpaired) electrons. The van der Waals surface area contributed by atoms with Crippen molar-refractivity contribution < 1.29 is 0 Å². The summed E-state index contributed by atoms with van der Waals surface area (Å²) in [4.78, 5) is 4.52. The summed E-state index contributed by atoms with van der Waals surface area (Å²) in [6, 6.07) is 18.5. The van der Waals surface area contributed by atoms with Crippen LogP contribution < -0.4 is 5.32 Å². The van der Waals surface area contributed by atoms with Crippen LogP contribution in [0.4, 0.5) is 0 Å². The molecule has 0 atom stereocenters. The fourth-order valence-electron chi connectivity index (χ4n) is 2.37. The maximum absolute atomic E-state index is 6.15. The van der Waals surface area contributed by atoms with Crippen LogP contribution in [-0.4, -0.2) is 4.98 Å². The molecule has 106 valence electrons. The standard InChI is InChI=1S/C18H17ClN2/c1-13-6-8-15-10-14(7-9-18(15)21-13)11-20-12-16-4-2-3-5-17(16)19/h2-10,20H,11-12H2,1H3. The van der Waals surface area contributed by atoms with Crippen LogP contribution in [0.15, 0.2) is 54.6 Å². The number of aromatic nitrogens is 1. The molecular formula is C18H17ClN2. The quantitative estimate of drug-likeness (QED) is 0.767. The minimum atomic E-state index is 0.768. The van der Waals surface area contributed by atoms with Gasteiger partial charge in [0.2, 0.25) is 0 Å². The molecule has 0 spiro atoms. The molecule has 21 heavy (non-hydrogen) atoms. The Morgan fingerprint density at radius 3 is 2.71 bits per heavy atom. The van der Waals surface area contributed by atoms with E-state index in [1.54, 1.807) is 0 Å². The normalized spacial score (nSPS) is 11.0. The van der Waals surface area contributed by atoms with E-state index in [0.29, 0.717) is 0 Å². The largest absolute Gasteiger partial charge is 0.309 e. The van der Waals surface area contributed by atoms with E-state index < -0.39 is 0 Å². The zero-order valence-corrected chi connectivity index (χ0v) is 12.7. The van der Waals surface area contributed by atoms with Gasteiger partial charge in [-0.15, -0.1) is 0 Å². The summed E-state index contributed by atoms with van der Waals surface area (Å²) in [7, 11) is 0. The van der Waals surface area contributed by atoms with E-state index in [9.17, 15) is 0 Å². The van der Waals surface area contributed by atoms with Crippen molar-refractivity contribution in [2.45, 2.75) is 20.0 Å². The van der Waals surface area contributed by atoms with Crippen LogP contribution in [0.3, 0.4) is 0 Å². The number of rotatable bonds is 4. The van der Waals surface area contributed by atoms with Crippen molar-refractivity contribution in [3.05, 3.63) is 76.4 Å². The highest BCUT2D eigenvalue weighted by Gasteiger charge is 2.00. The van der Waals surface area contributed by atoms with Gasteiger partial charge in [0, 0.05) is 29.2 Å². The second-order valence-corrected chi connectivity index (χ2v) is 5.58. The van der Waals surface area contributed by atoms with Gasteiger partial charge in [0.25, 0.3) is 0 Å². The van der Waals surface area contributed by atoms with Crippen molar-refractivity contribution in [2.75, 3.05) is 0 Å². The molecule has 2 aromatic carbocycles. The molecule has 3 heteroatoms. The summed E-state index contributed by atoms with van der Waals surface area (Å²) in [5.41, 5.74) is 4.47. The highest BCUT2D eigenvalue weighted by Crippen LogP contribution is 2.16. The average Bonchev–Trinajstić information content (AvgIpc) is 2.49. The molecule has 0 unspecified atom stereocenters. The third-order valence-electron chi connectivity index (χ3n) is 3.50. The minimum Gasteiger partial charge on any atom is -0.309 e. The van der Waals surface area contributed by atoms with Crippen LogP contribution in [0.1, 0.15) is 16.8 Å². The van der Waals surface area contributed by atoms with Gasteiger partial charge in [-0.05, 0) is 42.3 Å². The molecule has 0 bridgehead atoms. The summed E-state index contributed by atoms with van der Waals surface area (Å²) in [5, 5.41) is 5.42. The highest BCUT2D eigenvalue weighted by molar-refractivity contribution is 6.31. The van der Waals surface area contributed by atoms with Crippen LogP contribution in [0, 0.1) is 6.92 Å². The molecule has 0 aliphatic heterocycles. The fraction of sp³-hybridized carbons (Fsp3) is 0.167. The van der Waals surface area contributed by atoms with Crippen molar-refractivity contribution in [2.24, 2.45) is 0 Å². The number of fused-ring (bicyclic) bond motifs is 1. The Bertz CT molecular complexity index is 768. The smallest absolute Gasteiger partial charge is 0.0705 e. The lowest BCUT2D eigenvalue weighted by Gasteiger charge is -2.08. The Labute approximate surface area is 129 Å². The van der Waals surface area contributed by atoms with E-state index in [-0.39, 0.29) is 0 Å². The lowest BCUT2D eigenvalue weighted by molar-refractivity contribution is 0.694. The third kappa shape index (κ3) is 3.41. The van der Waals surface area contributed by atoms with E-state index >= 15 is 0 Å². The predicted molar refractivity (Wildman–Crippen MR) is 88.5 cm³/mol. The van der Waals surface area contributed by atoms with Gasteiger partial charge in [-0.1, -0.05) is 41.9 Å². The Kier molecular flexibility index (Phi) is 4.18. The van der Waals surface area contributed by atoms with E-state index in [0.717, 1.165) is 34.9 Å². The second-order valence-electron chi connectivity index (χ2n) is 5.17. The molecule has 0 saturated heterocycles. The Balaban J connectivity index is 1.68. The molecule has 3 aromatic rings. The molecule has 0 aliphatic carbocycles. The van der Waals surface area contributed by atoms with Crippen molar-refractivity contribution in [1.82, 2.24) is 10.3 Å². The number of benzene rings is 2. The molecule has 1 heterocycles. The van der Waals surface area contributed by atoms with Gasteiger partial charge < -0.3 is 5.32 Å². The first kappa shape index (κ1) is 14.1. The maximum Gasteiger partial charge on any atom is 0.0705 e. The molecule has 1 aromatic heterocycles. The minimum absolute atomic E-state index is 0.768. The van der Waals surface area contributed by atoms with E-state index in [4.69, 9.17) is 11.6 Å². The van der Waals surface area contributed by atoms with E-state index in [2.05, 4.69) is 34.6 Å². The lowest BCUT2D eigenvalue weighted by Crippen LogP contribution is -2.12. The molecule has 0 fully saturated rings. The van der Waals surface area contributed by atoms with Gasteiger partial charge in [-0.2, -0.15) is 0 Å². The predicted octanol–water partition coefficient (Wildman–Crippen LogP) is 4.49. The van der Waals surface area contributed by atoms with Crippen molar-refractivity contribution in [3.8, 4) is 0 Å². The molecule has 3 rings (SSSR count). The lowest BCUT2D eigenvalue weighted by atomic mass is 10.1. The zero-order chi connectivity index (χ0) is 14.7. The van der Waals surface area contributed by atoms with Crippen LogP contribution in [0.25, 0.3) is 10.9 Å². The maximum atomic E-state index is 6.15. The summed E-state index contributed by atoms with van der Waals surface area (Å²) in [5.74, 6) is 0. The summed E-state index contributed by atoms with van der Waals surface area (Å²) < 4.78 is 0. The van der Waals surface area contributed by atoms with Gasteiger partial charge in [-0.25, -0.2) is 0 Å². The first-order chi connectivity index (χ1) is 10.2. The van der Waals surface area contributed by atoms with Crippen molar-refractivity contribution in [3.63, 3.8) is 0 Å². The van der Waals surface area contributed by atoms with E-state index in [1.165, 1.54) is 10.9 Å². The second kappa shape index (κ2) is 6.25. The van der Waals surface area contributed by atoms with Crippen molar-refractivity contribution >= 4 is 22.5 Å². The topological polar surface area (TPSA) is 24.9 Å². The highest BCUT2D eigenvalue weighted by atomic mass is 35.5. The zero-order valence-electron chi connectivity index (χ0n) is 11.9. The van der Waals surface area contributed by atoms with Gasteiger partial charge in [0.15, 0.2) is 0 Å². The molecule has 0 aliphatic rings. The number of pyridine rings is 1. The van der Waals surface area contributed by atoms with Crippen LogP contribution in [-0.2, 0) is 13.1 Å².